The lowest BCUT2D eigenvalue weighted by molar-refractivity contribution is 0.307. The molecule has 2 aromatic rings. The highest BCUT2D eigenvalue weighted by atomic mass is 32.2. The maximum absolute atomic E-state index is 12.8. The number of nitrogens with one attached hydrogen (secondary N) is 1. The Morgan fingerprint density at radius 2 is 2.15 bits per heavy atom. The lowest BCUT2D eigenvalue weighted by atomic mass is 10.1. The van der Waals surface area contributed by atoms with Crippen LogP contribution in [-0.4, -0.2) is 38.3 Å². The first kappa shape index (κ1) is 18.5. The van der Waals surface area contributed by atoms with Gasteiger partial charge in [-0.25, -0.2) is 8.42 Å². The molecule has 0 bridgehead atoms. The second-order valence-electron chi connectivity index (χ2n) is 7.35. The Hall–Kier alpha value is -2.24. The molecule has 0 radical (unpaired) electrons. The summed E-state index contributed by atoms with van der Waals surface area (Å²) in [4.78, 5) is 0.174. The van der Waals surface area contributed by atoms with E-state index in [9.17, 15) is 8.42 Å². The Kier molecular flexibility index (Phi) is 4.86. The second kappa shape index (κ2) is 6.82. The van der Waals surface area contributed by atoms with Gasteiger partial charge in [0, 0.05) is 25.2 Å². The molecule has 0 fully saturated rings. The minimum absolute atomic E-state index is 0.174. The Labute approximate surface area is 155 Å². The van der Waals surface area contributed by atoms with Crippen LogP contribution >= 0.6 is 0 Å². The zero-order valence-electron chi connectivity index (χ0n) is 15.4. The van der Waals surface area contributed by atoms with Crippen molar-refractivity contribution < 1.29 is 13.2 Å². The predicted molar refractivity (Wildman–Crippen MR) is 105 cm³/mol. The number of hydrogen-bond acceptors (Lipinski definition) is 5. The fourth-order valence-electron chi connectivity index (χ4n) is 2.70. The smallest absolute Gasteiger partial charge is 0.219 e. The first-order chi connectivity index (χ1) is 12.2. The van der Waals surface area contributed by atoms with Gasteiger partial charge in [-0.05, 0) is 6.07 Å². The van der Waals surface area contributed by atoms with Gasteiger partial charge in [0.15, 0.2) is 0 Å². The zero-order valence-corrected chi connectivity index (χ0v) is 17.2. The van der Waals surface area contributed by atoms with E-state index in [1.54, 1.807) is 7.05 Å². The second-order valence-corrected chi connectivity index (χ2v) is 14.2. The summed E-state index contributed by atoms with van der Waals surface area (Å²) in [5.41, 5.74) is 4.02. The number of benzene rings is 1. The minimum atomic E-state index is -3.60. The minimum Gasteiger partial charge on any atom is -0.471 e. The third kappa shape index (κ3) is 3.94. The average Bonchev–Trinajstić information content (AvgIpc) is 3.17. The van der Waals surface area contributed by atoms with Gasteiger partial charge in [0.1, 0.15) is 18.7 Å². The molecule has 3 rings (SSSR count). The van der Waals surface area contributed by atoms with Crippen molar-refractivity contribution in [3.63, 3.8) is 0 Å². The monoisotopic (exact) mass is 389 g/mol. The van der Waals surface area contributed by atoms with Gasteiger partial charge in [0.05, 0.1) is 18.4 Å². The van der Waals surface area contributed by atoms with Gasteiger partial charge < -0.3 is 10.1 Å². The van der Waals surface area contributed by atoms with Crippen LogP contribution in [0.5, 0.6) is 5.75 Å². The molecule has 1 atom stereocenters. The van der Waals surface area contributed by atoms with E-state index in [1.807, 2.05) is 18.2 Å². The van der Waals surface area contributed by atoms with Gasteiger partial charge in [-0.3, -0.25) is 4.68 Å². The number of fused-ring (bicyclic) bond motifs is 1. The third-order valence-corrected chi connectivity index (χ3v) is 6.67. The van der Waals surface area contributed by atoms with Crippen molar-refractivity contribution in [1.82, 2.24) is 9.78 Å². The molecule has 0 spiro atoms. The van der Waals surface area contributed by atoms with Gasteiger partial charge in [0.25, 0.3) is 0 Å². The summed E-state index contributed by atoms with van der Waals surface area (Å²) in [6.07, 6.45) is 3.17. The molecule has 1 aliphatic heterocycles. The molecule has 0 saturated carbocycles. The van der Waals surface area contributed by atoms with Gasteiger partial charge in [-0.2, -0.15) is 5.10 Å². The Morgan fingerprint density at radius 3 is 2.81 bits per heavy atom. The maximum Gasteiger partial charge on any atom is 0.219 e. The van der Waals surface area contributed by atoms with Crippen molar-refractivity contribution in [2.45, 2.75) is 36.4 Å². The van der Waals surface area contributed by atoms with Gasteiger partial charge >= 0.3 is 0 Å². The Balaban J connectivity index is 1.78. The molecule has 1 aromatic carbocycles. The average molecular weight is 390 g/mol. The van der Waals surface area contributed by atoms with Crippen LogP contribution < -0.4 is 10.1 Å². The molecule has 1 N–H and O–H groups in total. The topological polar surface area (TPSA) is 73.2 Å². The van der Waals surface area contributed by atoms with Crippen LogP contribution in [0.3, 0.4) is 0 Å². The first-order valence-electron chi connectivity index (χ1n) is 8.42. The van der Waals surface area contributed by atoms with E-state index >= 15 is 0 Å². The number of aromatic nitrogens is 2. The molecule has 1 unspecified atom stereocenters. The highest BCUT2D eigenvalue weighted by Crippen LogP contribution is 2.38. The van der Waals surface area contributed by atoms with E-state index in [4.69, 9.17) is 4.74 Å². The number of ether oxygens (including phenoxy) is 1. The number of para-hydroxylation sites is 1. The van der Waals surface area contributed by atoms with E-state index in [-0.39, 0.29) is 4.90 Å². The Morgan fingerprint density at radius 1 is 1.38 bits per heavy atom. The molecule has 0 saturated heterocycles. The van der Waals surface area contributed by atoms with Crippen molar-refractivity contribution in [2.24, 2.45) is 7.05 Å². The van der Waals surface area contributed by atoms with Crippen molar-refractivity contribution in [2.75, 3.05) is 11.9 Å². The summed E-state index contributed by atoms with van der Waals surface area (Å²) in [5, 5.41) is 7.19. The van der Waals surface area contributed by atoms with Crippen LogP contribution in [0.4, 0.5) is 5.69 Å². The molecule has 138 valence electrons. The molecule has 0 amide bonds. The van der Waals surface area contributed by atoms with E-state index in [0.717, 1.165) is 11.3 Å². The maximum atomic E-state index is 12.8. The SMILES string of the molecule is Cn1cc(S(=O)(=O)C2Cc3cccc(NCC#C[Si](C)(C)C)c3O2)cn1. The van der Waals surface area contributed by atoms with E-state index in [0.29, 0.717) is 18.7 Å². The summed E-state index contributed by atoms with van der Waals surface area (Å²) in [5.74, 6) is 3.75. The summed E-state index contributed by atoms with van der Waals surface area (Å²) in [7, 11) is -3.32. The van der Waals surface area contributed by atoms with Gasteiger partial charge in [-0.15, -0.1) is 5.54 Å². The third-order valence-electron chi connectivity index (χ3n) is 3.92. The predicted octanol–water partition coefficient (Wildman–Crippen LogP) is 2.45. The molecule has 0 aliphatic carbocycles. The summed E-state index contributed by atoms with van der Waals surface area (Å²) in [6.45, 7) is 7.08. The van der Waals surface area contributed by atoms with Crippen LogP contribution in [0.1, 0.15) is 5.56 Å². The quantitative estimate of drug-likeness (QED) is 0.642. The number of aryl methyl sites for hydroxylation is 1. The molecule has 1 aliphatic rings. The molecule has 8 heteroatoms. The number of anilines is 1. The largest absolute Gasteiger partial charge is 0.471 e. The normalized spacial score (nSPS) is 16.4. The van der Waals surface area contributed by atoms with Crippen molar-refractivity contribution >= 4 is 23.6 Å². The first-order valence-corrected chi connectivity index (χ1v) is 13.5. The van der Waals surface area contributed by atoms with E-state index in [2.05, 4.69) is 41.5 Å². The molecular formula is C18H23N3O3SSi. The lowest BCUT2D eigenvalue weighted by Crippen LogP contribution is -2.25. The van der Waals surface area contributed by atoms with Crippen LogP contribution in [0.25, 0.3) is 0 Å². The van der Waals surface area contributed by atoms with Crippen LogP contribution in [0.2, 0.25) is 19.6 Å². The molecule has 6 nitrogen and oxygen atoms in total. The van der Waals surface area contributed by atoms with Gasteiger partial charge in [-0.1, -0.05) is 37.7 Å². The molecule has 2 heterocycles. The zero-order chi connectivity index (χ0) is 18.9. The van der Waals surface area contributed by atoms with E-state index < -0.39 is 23.3 Å². The number of hydrogen-bond donors (Lipinski definition) is 1. The van der Waals surface area contributed by atoms with Crippen LogP contribution in [-0.2, 0) is 23.3 Å². The van der Waals surface area contributed by atoms with Crippen molar-refractivity contribution in [3.8, 4) is 17.2 Å². The molecule has 1 aromatic heterocycles. The van der Waals surface area contributed by atoms with Gasteiger partial charge in [0.2, 0.25) is 15.3 Å². The van der Waals surface area contributed by atoms with Crippen LogP contribution in [0, 0.1) is 11.5 Å². The lowest BCUT2D eigenvalue weighted by Gasteiger charge is -2.12. The highest BCUT2D eigenvalue weighted by molar-refractivity contribution is 7.92. The summed E-state index contributed by atoms with van der Waals surface area (Å²) >= 11 is 0. The number of sulfone groups is 1. The summed E-state index contributed by atoms with van der Waals surface area (Å²) in [6, 6.07) is 5.68. The van der Waals surface area contributed by atoms with E-state index in [1.165, 1.54) is 17.1 Å². The number of nitrogens with zero attached hydrogens (tertiary/aromatic N) is 2. The fourth-order valence-corrected chi connectivity index (χ4v) is 4.73. The van der Waals surface area contributed by atoms with Crippen molar-refractivity contribution in [1.29, 1.82) is 0 Å². The Bertz CT molecular complexity index is 981. The highest BCUT2D eigenvalue weighted by Gasteiger charge is 2.37. The summed E-state index contributed by atoms with van der Waals surface area (Å²) < 4.78 is 32.9. The number of rotatable bonds is 4. The van der Waals surface area contributed by atoms with Crippen molar-refractivity contribution in [3.05, 3.63) is 36.2 Å². The fraction of sp³-hybridized carbons (Fsp3) is 0.389. The van der Waals surface area contributed by atoms with Crippen LogP contribution in [0.15, 0.2) is 35.5 Å². The standard InChI is InChI=1S/C18H23N3O3SSi/c1-21-13-15(12-20-21)25(22,23)17-11-14-7-5-8-16(18(14)24-17)19-9-6-10-26(2,3)4/h5,7-8,12-13,17,19H,9,11H2,1-4H3. The molecule has 26 heavy (non-hydrogen) atoms. The molecular weight excluding hydrogens is 366 g/mol.